The van der Waals surface area contributed by atoms with Crippen LogP contribution in [0.5, 0.6) is 11.5 Å². The second kappa shape index (κ2) is 7.36. The van der Waals surface area contributed by atoms with Gasteiger partial charge in [0.25, 0.3) is 0 Å². The first-order valence-corrected chi connectivity index (χ1v) is 10.8. The summed E-state index contributed by atoms with van der Waals surface area (Å²) in [5.41, 5.74) is 0.498. The number of hydrogen-bond donors (Lipinski definition) is 2. The van der Waals surface area contributed by atoms with Crippen molar-refractivity contribution in [1.29, 1.82) is 0 Å². The Balaban J connectivity index is 2.36. The predicted octanol–water partition coefficient (Wildman–Crippen LogP) is 6.21. The normalized spacial score (nSPS) is 13.7. The van der Waals surface area contributed by atoms with E-state index in [2.05, 4.69) is 63.7 Å². The van der Waals surface area contributed by atoms with Crippen LogP contribution < -0.4 is 4.52 Å². The van der Waals surface area contributed by atoms with Gasteiger partial charge in [-0.15, -0.1) is 0 Å². The Morgan fingerprint density at radius 3 is 1.95 bits per heavy atom. The summed E-state index contributed by atoms with van der Waals surface area (Å²) in [6.07, 6.45) is -0.236. The molecule has 0 saturated carbocycles. The molecular weight excluding hydrogens is 571 g/mol. The maximum Gasteiger partial charge on any atom is 0.381 e. The lowest BCUT2D eigenvalue weighted by atomic mass is 10.2. The highest BCUT2D eigenvalue weighted by Crippen LogP contribution is 2.53. The van der Waals surface area contributed by atoms with Crippen LogP contribution >= 0.6 is 71.3 Å². The Morgan fingerprint density at radius 2 is 1.45 bits per heavy atom. The van der Waals surface area contributed by atoms with Gasteiger partial charge in [0.05, 0.1) is 15.1 Å². The Labute approximate surface area is 160 Å². The molecule has 0 saturated heterocycles. The summed E-state index contributed by atoms with van der Waals surface area (Å²) in [6, 6.07) is 8.44. The van der Waals surface area contributed by atoms with Crippen molar-refractivity contribution >= 4 is 71.3 Å². The molecule has 1 atom stereocenters. The van der Waals surface area contributed by atoms with E-state index in [1.54, 1.807) is 30.3 Å². The van der Waals surface area contributed by atoms with Crippen molar-refractivity contribution in [2.75, 3.05) is 0 Å². The van der Waals surface area contributed by atoms with Gasteiger partial charge in [-0.05, 0) is 81.4 Å². The molecule has 0 aliphatic carbocycles. The molecule has 9 heteroatoms. The first-order valence-electron chi connectivity index (χ1n) is 5.83. The Hall–Kier alpha value is 0.150. The topological polar surface area (TPSA) is 66.8 Å². The van der Waals surface area contributed by atoms with Crippen molar-refractivity contribution in [2.45, 2.75) is 6.16 Å². The first-order chi connectivity index (χ1) is 10.2. The predicted molar refractivity (Wildman–Crippen MR) is 99.5 cm³/mol. The fourth-order valence-corrected chi connectivity index (χ4v) is 5.81. The quantitative estimate of drug-likeness (QED) is 0.334. The van der Waals surface area contributed by atoms with Gasteiger partial charge in [0.15, 0.2) is 0 Å². The fourth-order valence-electron chi connectivity index (χ4n) is 1.68. The Bertz CT molecular complexity index is 722. The number of phenolic OH excluding ortho intramolecular Hbond substituents is 1. The Morgan fingerprint density at radius 1 is 0.955 bits per heavy atom. The summed E-state index contributed by atoms with van der Waals surface area (Å²) in [7, 11) is -3.93. The Kier molecular flexibility index (Phi) is 6.19. The van der Waals surface area contributed by atoms with Crippen LogP contribution in [0.25, 0.3) is 0 Å². The molecule has 2 rings (SSSR count). The molecular formula is C13H9Br4O4P. The molecule has 0 radical (unpaired) electrons. The molecule has 22 heavy (non-hydrogen) atoms. The minimum Gasteiger partial charge on any atom is -0.505 e. The molecule has 0 aliphatic heterocycles. The van der Waals surface area contributed by atoms with Gasteiger partial charge in [-0.1, -0.05) is 18.2 Å². The lowest BCUT2D eigenvalue weighted by molar-refractivity contribution is 0.378. The largest absolute Gasteiger partial charge is 0.505 e. The van der Waals surface area contributed by atoms with Gasteiger partial charge in [-0.2, -0.15) is 0 Å². The minimum atomic E-state index is -3.93. The highest BCUT2D eigenvalue weighted by Gasteiger charge is 2.28. The van der Waals surface area contributed by atoms with Crippen molar-refractivity contribution < 1.29 is 19.1 Å². The molecule has 0 aromatic heterocycles. The molecule has 118 valence electrons. The first kappa shape index (κ1) is 18.5. The molecule has 2 N–H and O–H groups in total. The number of aromatic hydroxyl groups is 1. The van der Waals surface area contributed by atoms with Crippen molar-refractivity contribution in [1.82, 2.24) is 0 Å². The smallest absolute Gasteiger partial charge is 0.381 e. The van der Waals surface area contributed by atoms with Crippen LogP contribution in [0.2, 0.25) is 0 Å². The maximum absolute atomic E-state index is 12.4. The standard InChI is InChI=1S/C13H9Br4O4P/c14-9-8(10(15)12(17)13(18)11(9)16)6-22(19,20)21-7-4-2-1-3-5-7/h1-5,18H,6H2,(H,19,20). The van der Waals surface area contributed by atoms with E-state index in [4.69, 9.17) is 4.52 Å². The molecule has 0 spiro atoms. The molecule has 4 nitrogen and oxygen atoms in total. The van der Waals surface area contributed by atoms with Gasteiger partial charge in [-0.25, -0.2) is 4.57 Å². The number of rotatable bonds is 4. The monoisotopic (exact) mass is 576 g/mol. The van der Waals surface area contributed by atoms with Crippen molar-refractivity contribution in [2.24, 2.45) is 0 Å². The average Bonchev–Trinajstić information content (AvgIpc) is 2.48. The van der Waals surface area contributed by atoms with Crippen LogP contribution in [0.3, 0.4) is 0 Å². The summed E-state index contributed by atoms with van der Waals surface area (Å²) in [5, 5.41) is 9.91. The van der Waals surface area contributed by atoms with Crippen molar-refractivity contribution in [3.05, 3.63) is 53.8 Å². The SMILES string of the molecule is O=P(O)(Cc1c(Br)c(Br)c(O)c(Br)c1Br)Oc1ccccc1. The summed E-state index contributed by atoms with van der Waals surface area (Å²) < 4.78 is 19.3. The average molecular weight is 580 g/mol. The number of para-hydroxylation sites is 1. The van der Waals surface area contributed by atoms with Gasteiger partial charge >= 0.3 is 7.60 Å². The van der Waals surface area contributed by atoms with E-state index < -0.39 is 7.60 Å². The highest BCUT2D eigenvalue weighted by molar-refractivity contribution is 9.14. The fraction of sp³-hybridized carbons (Fsp3) is 0.0769. The molecule has 0 bridgehead atoms. The summed E-state index contributed by atoms with van der Waals surface area (Å²) in [4.78, 5) is 10.1. The van der Waals surface area contributed by atoms with E-state index in [9.17, 15) is 14.6 Å². The van der Waals surface area contributed by atoms with E-state index in [-0.39, 0.29) is 11.9 Å². The molecule has 0 fully saturated rings. The van der Waals surface area contributed by atoms with Gasteiger partial charge in [-0.3, -0.25) is 0 Å². The molecule has 1 unspecified atom stereocenters. The van der Waals surface area contributed by atoms with E-state index in [0.717, 1.165) is 0 Å². The van der Waals surface area contributed by atoms with Gasteiger partial charge in [0.1, 0.15) is 11.5 Å². The van der Waals surface area contributed by atoms with Gasteiger partial charge in [0.2, 0.25) is 0 Å². The third kappa shape index (κ3) is 4.16. The number of benzene rings is 2. The second-order valence-corrected chi connectivity index (χ2v) is 9.23. The van der Waals surface area contributed by atoms with Gasteiger partial charge in [0, 0.05) is 8.95 Å². The maximum atomic E-state index is 12.4. The van der Waals surface area contributed by atoms with Gasteiger partial charge < -0.3 is 14.5 Å². The van der Waals surface area contributed by atoms with E-state index in [1.807, 2.05) is 0 Å². The van der Waals surface area contributed by atoms with Crippen LogP contribution in [0.1, 0.15) is 5.56 Å². The van der Waals surface area contributed by atoms with E-state index in [0.29, 0.717) is 29.2 Å². The number of halogens is 4. The molecule has 0 amide bonds. The van der Waals surface area contributed by atoms with Crippen LogP contribution in [0.15, 0.2) is 48.2 Å². The summed E-state index contributed by atoms with van der Waals surface area (Å²) >= 11 is 13.1. The van der Waals surface area contributed by atoms with Crippen LogP contribution in [0.4, 0.5) is 0 Å². The molecule has 2 aromatic carbocycles. The summed E-state index contributed by atoms with van der Waals surface area (Å²) in [5.74, 6) is 0.303. The van der Waals surface area contributed by atoms with E-state index >= 15 is 0 Å². The highest BCUT2D eigenvalue weighted by atomic mass is 79.9. The van der Waals surface area contributed by atoms with Crippen molar-refractivity contribution in [3.8, 4) is 11.5 Å². The van der Waals surface area contributed by atoms with E-state index in [1.165, 1.54) is 0 Å². The molecule has 0 aliphatic rings. The lowest BCUT2D eigenvalue weighted by Crippen LogP contribution is -1.99. The minimum absolute atomic E-state index is 0.0146. The third-order valence-electron chi connectivity index (χ3n) is 2.68. The zero-order valence-electron chi connectivity index (χ0n) is 10.8. The van der Waals surface area contributed by atoms with Crippen LogP contribution in [-0.2, 0) is 10.7 Å². The number of phenols is 1. The molecule has 0 heterocycles. The zero-order valence-corrected chi connectivity index (χ0v) is 18.0. The second-order valence-electron chi connectivity index (χ2n) is 4.28. The zero-order chi connectivity index (χ0) is 16.5. The van der Waals surface area contributed by atoms with Crippen LogP contribution in [-0.4, -0.2) is 10.00 Å². The van der Waals surface area contributed by atoms with Crippen LogP contribution in [0, 0.1) is 0 Å². The third-order valence-corrected chi connectivity index (χ3v) is 8.25. The lowest BCUT2D eigenvalue weighted by Gasteiger charge is -2.17. The number of hydrogen-bond acceptors (Lipinski definition) is 3. The molecule has 2 aromatic rings. The van der Waals surface area contributed by atoms with Crippen molar-refractivity contribution in [3.63, 3.8) is 0 Å². The summed E-state index contributed by atoms with van der Waals surface area (Å²) in [6.45, 7) is 0.